The number of allylic oxidation sites excluding steroid dienone is 3. The van der Waals surface area contributed by atoms with Crippen LogP contribution in [0, 0.1) is 0 Å². The SMILES string of the molecule is C1=CC2=C(C=Nc3ccccc3N2)CC1. The lowest BCUT2D eigenvalue weighted by atomic mass is 10.0. The summed E-state index contributed by atoms with van der Waals surface area (Å²) >= 11 is 0. The number of benzene rings is 1. The molecule has 0 radical (unpaired) electrons. The van der Waals surface area contributed by atoms with Crippen LogP contribution in [0.15, 0.2) is 52.7 Å². The Balaban J connectivity index is 2.09. The quantitative estimate of drug-likeness (QED) is 0.675. The van der Waals surface area contributed by atoms with E-state index in [1.54, 1.807) is 0 Å². The monoisotopic (exact) mass is 196 g/mol. The molecule has 15 heavy (non-hydrogen) atoms. The molecule has 2 nitrogen and oxygen atoms in total. The van der Waals surface area contributed by atoms with Crippen LogP contribution in [-0.2, 0) is 0 Å². The van der Waals surface area contributed by atoms with Crippen molar-refractivity contribution in [1.82, 2.24) is 0 Å². The number of rotatable bonds is 0. The fourth-order valence-corrected chi connectivity index (χ4v) is 1.92. The predicted octanol–water partition coefficient (Wildman–Crippen LogP) is 3.42. The smallest absolute Gasteiger partial charge is 0.0864 e. The zero-order valence-corrected chi connectivity index (χ0v) is 8.40. The number of fused-ring (bicyclic) bond motifs is 1. The van der Waals surface area contributed by atoms with Gasteiger partial charge in [-0.1, -0.05) is 18.2 Å². The molecule has 2 aliphatic rings. The fraction of sp³-hybridized carbons (Fsp3) is 0.154. The Morgan fingerprint density at radius 2 is 2.13 bits per heavy atom. The molecule has 0 saturated heterocycles. The minimum atomic E-state index is 1.01. The van der Waals surface area contributed by atoms with Gasteiger partial charge in [-0.15, -0.1) is 0 Å². The van der Waals surface area contributed by atoms with Crippen molar-refractivity contribution in [2.24, 2.45) is 4.99 Å². The van der Waals surface area contributed by atoms with Gasteiger partial charge in [-0.2, -0.15) is 0 Å². The highest BCUT2D eigenvalue weighted by atomic mass is 14.9. The average Bonchev–Trinajstić information content (AvgIpc) is 2.48. The third-order valence-corrected chi connectivity index (χ3v) is 2.74. The largest absolute Gasteiger partial charge is 0.354 e. The van der Waals surface area contributed by atoms with E-state index >= 15 is 0 Å². The first-order valence-electron chi connectivity index (χ1n) is 5.23. The first-order chi connectivity index (χ1) is 7.43. The highest BCUT2D eigenvalue weighted by Gasteiger charge is 2.11. The van der Waals surface area contributed by atoms with Gasteiger partial charge in [0.25, 0.3) is 0 Å². The van der Waals surface area contributed by atoms with E-state index in [-0.39, 0.29) is 0 Å². The molecule has 1 aromatic rings. The highest BCUT2D eigenvalue weighted by Crippen LogP contribution is 2.30. The summed E-state index contributed by atoms with van der Waals surface area (Å²) < 4.78 is 0. The highest BCUT2D eigenvalue weighted by molar-refractivity contribution is 5.89. The first kappa shape index (κ1) is 8.48. The van der Waals surface area contributed by atoms with Crippen molar-refractivity contribution in [2.45, 2.75) is 12.8 Å². The van der Waals surface area contributed by atoms with Crippen LogP contribution in [0.3, 0.4) is 0 Å². The van der Waals surface area contributed by atoms with Crippen LogP contribution in [0.1, 0.15) is 12.8 Å². The number of nitrogens with zero attached hydrogens (tertiary/aromatic N) is 1. The van der Waals surface area contributed by atoms with Crippen LogP contribution in [0.2, 0.25) is 0 Å². The van der Waals surface area contributed by atoms with E-state index < -0.39 is 0 Å². The molecule has 0 saturated carbocycles. The van der Waals surface area contributed by atoms with E-state index in [2.05, 4.69) is 28.5 Å². The van der Waals surface area contributed by atoms with Crippen LogP contribution in [0.4, 0.5) is 11.4 Å². The molecule has 1 aliphatic heterocycles. The Labute approximate surface area is 89.0 Å². The Hall–Kier alpha value is -1.83. The molecule has 3 rings (SSSR count). The second-order valence-electron chi connectivity index (χ2n) is 3.78. The molecule has 1 aromatic carbocycles. The second kappa shape index (κ2) is 3.39. The van der Waals surface area contributed by atoms with E-state index in [0.29, 0.717) is 0 Å². The van der Waals surface area contributed by atoms with Crippen LogP contribution in [-0.4, -0.2) is 6.21 Å². The normalized spacial score (nSPS) is 17.9. The lowest BCUT2D eigenvalue weighted by Gasteiger charge is -2.13. The van der Waals surface area contributed by atoms with Gasteiger partial charge in [-0.3, -0.25) is 4.99 Å². The van der Waals surface area contributed by atoms with Gasteiger partial charge in [-0.05, 0) is 36.6 Å². The van der Waals surface area contributed by atoms with Gasteiger partial charge >= 0.3 is 0 Å². The third-order valence-electron chi connectivity index (χ3n) is 2.74. The van der Waals surface area contributed by atoms with Gasteiger partial charge in [0.05, 0.1) is 11.4 Å². The van der Waals surface area contributed by atoms with Crippen molar-refractivity contribution in [1.29, 1.82) is 0 Å². The van der Waals surface area contributed by atoms with Crippen molar-refractivity contribution >= 4 is 17.6 Å². The van der Waals surface area contributed by atoms with Gasteiger partial charge < -0.3 is 5.32 Å². The molecule has 0 spiro atoms. The minimum absolute atomic E-state index is 1.01. The summed E-state index contributed by atoms with van der Waals surface area (Å²) in [5.41, 5.74) is 4.59. The number of anilines is 1. The number of para-hydroxylation sites is 2. The molecular formula is C13H12N2. The zero-order chi connectivity index (χ0) is 10.1. The van der Waals surface area contributed by atoms with E-state index in [1.807, 2.05) is 24.4 Å². The summed E-state index contributed by atoms with van der Waals surface area (Å²) in [6.07, 6.45) is 8.53. The zero-order valence-electron chi connectivity index (χ0n) is 8.40. The Bertz CT molecular complexity index is 481. The molecule has 0 unspecified atom stereocenters. The van der Waals surface area contributed by atoms with Crippen molar-refractivity contribution in [3.05, 3.63) is 47.7 Å². The fourth-order valence-electron chi connectivity index (χ4n) is 1.92. The van der Waals surface area contributed by atoms with Crippen LogP contribution < -0.4 is 5.32 Å². The van der Waals surface area contributed by atoms with Gasteiger partial charge in [0.1, 0.15) is 0 Å². The average molecular weight is 196 g/mol. The predicted molar refractivity (Wildman–Crippen MR) is 63.6 cm³/mol. The molecular weight excluding hydrogens is 184 g/mol. The van der Waals surface area contributed by atoms with Crippen LogP contribution >= 0.6 is 0 Å². The summed E-state index contributed by atoms with van der Waals surface area (Å²) in [5.74, 6) is 0. The summed E-state index contributed by atoms with van der Waals surface area (Å²) in [6.45, 7) is 0. The van der Waals surface area contributed by atoms with Crippen LogP contribution in [0.25, 0.3) is 0 Å². The molecule has 0 bridgehead atoms. The molecule has 1 heterocycles. The van der Waals surface area contributed by atoms with E-state index in [4.69, 9.17) is 0 Å². The molecule has 0 atom stereocenters. The molecule has 0 aromatic heterocycles. The lowest BCUT2D eigenvalue weighted by molar-refractivity contribution is 0.991. The number of nitrogens with one attached hydrogen (secondary N) is 1. The van der Waals surface area contributed by atoms with Crippen molar-refractivity contribution in [3.63, 3.8) is 0 Å². The molecule has 2 heteroatoms. The molecule has 0 amide bonds. The maximum Gasteiger partial charge on any atom is 0.0864 e. The van der Waals surface area contributed by atoms with E-state index in [9.17, 15) is 0 Å². The summed E-state index contributed by atoms with van der Waals surface area (Å²) in [4.78, 5) is 4.49. The van der Waals surface area contributed by atoms with Gasteiger partial charge in [0.2, 0.25) is 0 Å². The van der Waals surface area contributed by atoms with Crippen molar-refractivity contribution < 1.29 is 0 Å². The molecule has 1 aliphatic carbocycles. The lowest BCUT2D eigenvalue weighted by Crippen LogP contribution is -2.03. The topological polar surface area (TPSA) is 24.4 Å². The standard InChI is InChI=1S/C13H12N2/c1-2-6-11-10(5-1)9-14-12-7-3-4-8-13(12)15-11/h2-4,6-9,15H,1,5H2. The van der Waals surface area contributed by atoms with Gasteiger partial charge in [-0.25, -0.2) is 0 Å². The van der Waals surface area contributed by atoms with E-state index in [0.717, 1.165) is 24.2 Å². The maximum absolute atomic E-state index is 4.49. The number of aliphatic imine (C=N–C) groups is 1. The molecule has 74 valence electrons. The van der Waals surface area contributed by atoms with Crippen molar-refractivity contribution in [2.75, 3.05) is 5.32 Å². The van der Waals surface area contributed by atoms with Gasteiger partial charge in [0, 0.05) is 11.9 Å². The Morgan fingerprint density at radius 3 is 3.13 bits per heavy atom. The first-order valence-corrected chi connectivity index (χ1v) is 5.23. The summed E-state index contributed by atoms with van der Waals surface area (Å²) in [6, 6.07) is 8.13. The summed E-state index contributed by atoms with van der Waals surface area (Å²) in [5, 5.41) is 3.43. The Kier molecular flexibility index (Phi) is 1.91. The number of hydrogen-bond donors (Lipinski definition) is 1. The second-order valence-corrected chi connectivity index (χ2v) is 3.78. The van der Waals surface area contributed by atoms with Gasteiger partial charge in [0.15, 0.2) is 0 Å². The molecule has 0 fully saturated rings. The number of hydrogen-bond acceptors (Lipinski definition) is 2. The minimum Gasteiger partial charge on any atom is -0.354 e. The summed E-state index contributed by atoms with van der Waals surface area (Å²) in [7, 11) is 0. The maximum atomic E-state index is 4.49. The molecule has 1 N–H and O–H groups in total. The third kappa shape index (κ3) is 1.48. The van der Waals surface area contributed by atoms with E-state index in [1.165, 1.54) is 11.3 Å². The van der Waals surface area contributed by atoms with Crippen molar-refractivity contribution in [3.8, 4) is 0 Å². The van der Waals surface area contributed by atoms with Crippen LogP contribution in [0.5, 0.6) is 0 Å². The Morgan fingerprint density at radius 1 is 1.20 bits per heavy atom.